The Labute approximate surface area is 309 Å². The van der Waals surface area contributed by atoms with Gasteiger partial charge in [0, 0.05) is 23.4 Å². The van der Waals surface area contributed by atoms with Crippen LogP contribution in [0.1, 0.15) is 63.1 Å². The maximum Gasteiger partial charge on any atom is 0.343 e. The number of ether oxygens (including phenoxy) is 5. The number of amides is 1. The molecule has 10 nitrogen and oxygen atoms in total. The van der Waals surface area contributed by atoms with Crippen molar-refractivity contribution >= 4 is 41.7 Å². The van der Waals surface area contributed by atoms with Gasteiger partial charge in [0.05, 0.1) is 32.0 Å². The van der Waals surface area contributed by atoms with Crippen molar-refractivity contribution in [3.05, 3.63) is 144 Å². The average Bonchev–Trinajstić information content (AvgIpc) is 3.18. The Bertz CT molecular complexity index is 1880. The van der Waals surface area contributed by atoms with Crippen LogP contribution in [0, 0.1) is 6.92 Å². The number of hydrogen-bond donors (Lipinski definition) is 1. The van der Waals surface area contributed by atoms with E-state index in [2.05, 4.69) is 18.5 Å². The number of carbonyl (C=O) groups excluding carboxylic acids is 4. The molecule has 0 aromatic heterocycles. The van der Waals surface area contributed by atoms with Crippen LogP contribution < -0.4 is 19.5 Å². The molecule has 1 N–H and O–H groups in total. The zero-order valence-electron chi connectivity index (χ0n) is 29.7. The highest BCUT2D eigenvalue weighted by atomic mass is 16.5. The van der Waals surface area contributed by atoms with Crippen LogP contribution in [0.5, 0.6) is 17.2 Å². The number of hydrogen-bond acceptors (Lipinski definition) is 9. The second-order valence-electron chi connectivity index (χ2n) is 11.7. The number of rotatable bonds is 20. The summed E-state index contributed by atoms with van der Waals surface area (Å²) >= 11 is 0. The average molecular weight is 718 g/mol. The molecule has 4 rings (SSSR count). The Kier molecular flexibility index (Phi) is 15.6. The predicted octanol–water partition coefficient (Wildman–Crippen LogP) is 8.41. The zero-order valence-corrected chi connectivity index (χ0v) is 29.7. The SMILES string of the molecule is C=CC(=O)OCCCCOc1ccc(/C=C/c2ccc(C(=O)Oc3ccc(NC(=O)c4ccc(OCCCCOC(=O)C=C)cc4)cc3C)cc2)cc1. The van der Waals surface area contributed by atoms with Crippen molar-refractivity contribution in [3.8, 4) is 17.2 Å². The number of esters is 3. The first-order chi connectivity index (χ1) is 25.7. The minimum atomic E-state index is -0.493. The van der Waals surface area contributed by atoms with Gasteiger partial charge in [-0.3, -0.25) is 4.79 Å². The summed E-state index contributed by atoms with van der Waals surface area (Å²) in [5, 5.41) is 2.87. The number of anilines is 1. The van der Waals surface area contributed by atoms with E-state index in [1.807, 2.05) is 48.6 Å². The van der Waals surface area contributed by atoms with Gasteiger partial charge in [0.1, 0.15) is 17.2 Å². The third-order valence-electron chi connectivity index (χ3n) is 7.68. The van der Waals surface area contributed by atoms with Crippen LogP contribution in [0.3, 0.4) is 0 Å². The van der Waals surface area contributed by atoms with E-state index in [1.165, 1.54) is 0 Å². The Balaban J connectivity index is 1.19. The minimum Gasteiger partial charge on any atom is -0.494 e. The molecule has 0 spiro atoms. The van der Waals surface area contributed by atoms with Crippen molar-refractivity contribution in [3.63, 3.8) is 0 Å². The molecular formula is C43H43NO9. The molecule has 0 saturated carbocycles. The fourth-order valence-corrected chi connectivity index (χ4v) is 4.76. The lowest BCUT2D eigenvalue weighted by atomic mass is 10.1. The number of unbranched alkanes of at least 4 members (excludes halogenated alkanes) is 2. The second-order valence-corrected chi connectivity index (χ2v) is 11.7. The molecule has 0 aliphatic rings. The zero-order chi connectivity index (χ0) is 37.8. The third-order valence-corrected chi connectivity index (χ3v) is 7.68. The van der Waals surface area contributed by atoms with Gasteiger partial charge in [-0.05, 0) is 116 Å². The summed E-state index contributed by atoms with van der Waals surface area (Å²) in [5.41, 5.74) is 4.01. The van der Waals surface area contributed by atoms with Crippen molar-refractivity contribution in [2.24, 2.45) is 0 Å². The van der Waals surface area contributed by atoms with Crippen molar-refractivity contribution in [2.45, 2.75) is 32.6 Å². The third kappa shape index (κ3) is 13.7. The van der Waals surface area contributed by atoms with Gasteiger partial charge in [-0.2, -0.15) is 0 Å². The first kappa shape index (κ1) is 39.4. The summed E-state index contributed by atoms with van der Waals surface area (Å²) < 4.78 is 27.0. The van der Waals surface area contributed by atoms with Crippen LogP contribution in [-0.2, 0) is 19.1 Å². The van der Waals surface area contributed by atoms with Gasteiger partial charge in [0.25, 0.3) is 5.91 Å². The van der Waals surface area contributed by atoms with Crippen LogP contribution >= 0.6 is 0 Å². The molecule has 0 atom stereocenters. The topological polar surface area (TPSA) is 126 Å². The van der Waals surface area contributed by atoms with E-state index in [9.17, 15) is 19.2 Å². The van der Waals surface area contributed by atoms with E-state index < -0.39 is 17.9 Å². The summed E-state index contributed by atoms with van der Waals surface area (Å²) in [6.45, 7) is 10.1. The molecule has 0 saturated heterocycles. The maximum atomic E-state index is 12.9. The smallest absolute Gasteiger partial charge is 0.343 e. The Morgan fingerprint density at radius 3 is 1.58 bits per heavy atom. The normalized spacial score (nSPS) is 10.6. The van der Waals surface area contributed by atoms with E-state index >= 15 is 0 Å². The number of aryl methyl sites for hydroxylation is 1. The molecule has 0 unspecified atom stereocenters. The fourth-order valence-electron chi connectivity index (χ4n) is 4.76. The number of nitrogens with one attached hydrogen (secondary N) is 1. The second kappa shape index (κ2) is 21.1. The first-order valence-corrected chi connectivity index (χ1v) is 17.2. The summed E-state index contributed by atoms with van der Waals surface area (Å²) in [6, 6.07) is 26.7. The van der Waals surface area contributed by atoms with Crippen molar-refractivity contribution in [1.82, 2.24) is 0 Å². The molecule has 4 aromatic rings. The molecule has 274 valence electrons. The molecule has 0 aliphatic carbocycles. The van der Waals surface area contributed by atoms with E-state index in [1.54, 1.807) is 61.5 Å². The van der Waals surface area contributed by atoms with E-state index in [-0.39, 0.29) is 5.91 Å². The van der Waals surface area contributed by atoms with Crippen LogP contribution in [0.25, 0.3) is 12.2 Å². The highest BCUT2D eigenvalue weighted by Gasteiger charge is 2.13. The van der Waals surface area contributed by atoms with Gasteiger partial charge in [-0.25, -0.2) is 14.4 Å². The van der Waals surface area contributed by atoms with Crippen LogP contribution in [0.15, 0.2) is 116 Å². The van der Waals surface area contributed by atoms with Crippen molar-refractivity contribution in [2.75, 3.05) is 31.7 Å². The monoisotopic (exact) mass is 717 g/mol. The maximum absolute atomic E-state index is 12.9. The fraction of sp³-hybridized carbons (Fsp3) is 0.209. The number of carbonyl (C=O) groups is 4. The van der Waals surface area contributed by atoms with Gasteiger partial charge in [-0.15, -0.1) is 0 Å². The highest BCUT2D eigenvalue weighted by Crippen LogP contribution is 2.24. The predicted molar refractivity (Wildman–Crippen MR) is 204 cm³/mol. The summed E-state index contributed by atoms with van der Waals surface area (Å²) in [4.78, 5) is 47.8. The lowest BCUT2D eigenvalue weighted by Crippen LogP contribution is -2.13. The van der Waals surface area contributed by atoms with Gasteiger partial charge in [-0.1, -0.05) is 49.6 Å². The lowest BCUT2D eigenvalue weighted by Gasteiger charge is -2.11. The standard InChI is InChI=1S/C43H43NO9/c1-4-40(45)51-28-8-6-26-49-37-21-14-33(15-22-37)11-10-32-12-16-35(17-13-32)43(48)53-39-25-20-36(30-31(39)3)44-42(47)34-18-23-38(24-19-34)50-27-7-9-29-52-41(46)5-2/h4-5,10-25,30H,1-2,6-9,26-29H2,3H3,(H,44,47)/b11-10+. The summed E-state index contributed by atoms with van der Waals surface area (Å²) in [6.07, 6.45) is 9.05. The summed E-state index contributed by atoms with van der Waals surface area (Å²) in [7, 11) is 0. The molecule has 0 radical (unpaired) electrons. The van der Waals surface area contributed by atoms with Gasteiger partial charge < -0.3 is 29.0 Å². The van der Waals surface area contributed by atoms with Crippen LogP contribution in [-0.4, -0.2) is 50.2 Å². The van der Waals surface area contributed by atoms with E-state index in [0.29, 0.717) is 79.6 Å². The van der Waals surface area contributed by atoms with Crippen molar-refractivity contribution < 1.29 is 42.9 Å². The Morgan fingerprint density at radius 2 is 1.08 bits per heavy atom. The van der Waals surface area contributed by atoms with Gasteiger partial charge >= 0.3 is 17.9 Å². The Morgan fingerprint density at radius 1 is 0.604 bits per heavy atom. The Hall–Kier alpha value is -6.42. The molecule has 0 heterocycles. The molecule has 0 aliphatic heterocycles. The van der Waals surface area contributed by atoms with Crippen LogP contribution in [0.2, 0.25) is 0 Å². The molecular weight excluding hydrogens is 674 g/mol. The lowest BCUT2D eigenvalue weighted by molar-refractivity contribution is -0.138. The van der Waals surface area contributed by atoms with Gasteiger partial charge in [0.2, 0.25) is 0 Å². The van der Waals surface area contributed by atoms with Crippen LogP contribution in [0.4, 0.5) is 5.69 Å². The first-order valence-electron chi connectivity index (χ1n) is 17.2. The van der Waals surface area contributed by atoms with E-state index in [4.69, 9.17) is 23.7 Å². The minimum absolute atomic E-state index is 0.293. The molecule has 0 fully saturated rings. The largest absolute Gasteiger partial charge is 0.494 e. The number of benzene rings is 4. The van der Waals surface area contributed by atoms with Gasteiger partial charge in [0.15, 0.2) is 0 Å². The van der Waals surface area contributed by atoms with E-state index in [0.717, 1.165) is 35.4 Å². The van der Waals surface area contributed by atoms with Crippen molar-refractivity contribution in [1.29, 1.82) is 0 Å². The quantitative estimate of drug-likeness (QED) is 0.0315. The highest BCUT2D eigenvalue weighted by molar-refractivity contribution is 6.04. The molecule has 10 heteroatoms. The molecule has 0 bridgehead atoms. The summed E-state index contributed by atoms with van der Waals surface area (Å²) in [5.74, 6) is 0.122. The molecule has 53 heavy (non-hydrogen) atoms. The molecule has 4 aromatic carbocycles. The molecule has 1 amide bonds.